The van der Waals surface area contributed by atoms with Crippen molar-refractivity contribution in [3.8, 4) is 0 Å². The van der Waals surface area contributed by atoms with Gasteiger partial charge in [-0.2, -0.15) is 5.10 Å². The molecule has 3 heterocycles. The third kappa shape index (κ3) is 2.15. The van der Waals surface area contributed by atoms with E-state index >= 15 is 0 Å². The highest BCUT2D eigenvalue weighted by atomic mass is 16.5. The first kappa shape index (κ1) is 12.3. The monoisotopic (exact) mass is 264 g/mol. The van der Waals surface area contributed by atoms with Gasteiger partial charge < -0.3 is 14.8 Å². The molecule has 3 rings (SSSR count). The third-order valence-electron chi connectivity index (χ3n) is 3.41. The molecular weight excluding hydrogens is 248 g/mol. The first-order chi connectivity index (χ1) is 9.16. The van der Waals surface area contributed by atoms with Crippen LogP contribution in [0.3, 0.4) is 0 Å². The van der Waals surface area contributed by atoms with Crippen LogP contribution < -0.4 is 5.56 Å². The lowest BCUT2D eigenvalue weighted by Gasteiger charge is -2.22. The van der Waals surface area contributed by atoms with Crippen molar-refractivity contribution in [1.82, 2.24) is 19.7 Å². The number of H-pyrrole nitrogens is 1. The average Bonchev–Trinajstić information content (AvgIpc) is 2.84. The summed E-state index contributed by atoms with van der Waals surface area (Å²) in [4.78, 5) is 18.8. The van der Waals surface area contributed by atoms with E-state index in [1.807, 2.05) is 0 Å². The van der Waals surface area contributed by atoms with Crippen molar-refractivity contribution in [2.45, 2.75) is 31.9 Å². The summed E-state index contributed by atoms with van der Waals surface area (Å²) in [6.45, 7) is 2.95. The van der Waals surface area contributed by atoms with Gasteiger partial charge in [0.2, 0.25) is 0 Å². The lowest BCUT2D eigenvalue weighted by Crippen LogP contribution is -2.22. The van der Waals surface area contributed by atoms with Crippen LogP contribution in [0, 0.1) is 0 Å². The van der Waals surface area contributed by atoms with Crippen molar-refractivity contribution in [2.75, 3.05) is 13.2 Å². The van der Waals surface area contributed by atoms with Crippen LogP contribution in [0.4, 0.5) is 0 Å². The molecule has 1 fully saturated rings. The molecule has 0 aliphatic carbocycles. The van der Waals surface area contributed by atoms with Gasteiger partial charge in [-0.15, -0.1) is 0 Å². The number of hydrogen-bond donors (Lipinski definition) is 2. The van der Waals surface area contributed by atoms with Crippen molar-refractivity contribution < 1.29 is 9.84 Å². The van der Waals surface area contributed by atoms with Crippen molar-refractivity contribution >= 4 is 11.0 Å². The first-order valence-corrected chi connectivity index (χ1v) is 6.40. The SMILES string of the molecule is CC(O)c1nc2c(cnn2C2CCOCC2)c(=O)[nH]1. The summed E-state index contributed by atoms with van der Waals surface area (Å²) in [5.74, 6) is 0.270. The smallest absolute Gasteiger partial charge is 0.262 e. The molecular formula is C12H16N4O3. The average molecular weight is 264 g/mol. The van der Waals surface area contributed by atoms with Gasteiger partial charge in [0.25, 0.3) is 5.56 Å². The largest absolute Gasteiger partial charge is 0.385 e. The van der Waals surface area contributed by atoms with Crippen molar-refractivity contribution in [1.29, 1.82) is 0 Å². The lowest BCUT2D eigenvalue weighted by molar-refractivity contribution is 0.0673. The number of aromatic nitrogens is 4. The molecule has 0 bridgehead atoms. The molecule has 1 unspecified atom stereocenters. The van der Waals surface area contributed by atoms with Crippen LogP contribution in [0.25, 0.3) is 11.0 Å². The van der Waals surface area contributed by atoms with E-state index in [4.69, 9.17) is 4.74 Å². The quantitative estimate of drug-likeness (QED) is 0.825. The maximum absolute atomic E-state index is 11.9. The summed E-state index contributed by atoms with van der Waals surface area (Å²) in [6, 6.07) is 0.197. The minimum atomic E-state index is -0.810. The van der Waals surface area contributed by atoms with Crippen LogP contribution in [-0.2, 0) is 4.74 Å². The van der Waals surface area contributed by atoms with E-state index in [0.29, 0.717) is 24.2 Å². The second kappa shape index (κ2) is 4.75. The van der Waals surface area contributed by atoms with E-state index in [0.717, 1.165) is 12.8 Å². The number of rotatable bonds is 2. The Labute approximate surface area is 109 Å². The molecule has 0 saturated carbocycles. The second-order valence-electron chi connectivity index (χ2n) is 4.80. The standard InChI is InChI=1S/C12H16N4O3/c1-7(17)10-14-11-9(12(18)15-10)6-13-16(11)8-2-4-19-5-3-8/h6-8,17H,2-5H2,1H3,(H,14,15,18). The van der Waals surface area contributed by atoms with E-state index in [1.165, 1.54) is 6.20 Å². The summed E-state index contributed by atoms with van der Waals surface area (Å²) < 4.78 is 7.10. The summed E-state index contributed by atoms with van der Waals surface area (Å²) in [6.07, 6.45) is 2.43. The normalized spacial score (nSPS) is 18.8. The number of nitrogens with zero attached hydrogens (tertiary/aromatic N) is 3. The number of aliphatic hydroxyl groups is 1. The van der Waals surface area contributed by atoms with Crippen LogP contribution in [-0.4, -0.2) is 38.1 Å². The fourth-order valence-corrected chi connectivity index (χ4v) is 2.35. The second-order valence-corrected chi connectivity index (χ2v) is 4.80. The molecule has 1 aliphatic heterocycles. The lowest BCUT2D eigenvalue weighted by atomic mass is 10.1. The van der Waals surface area contributed by atoms with E-state index in [1.54, 1.807) is 11.6 Å². The van der Waals surface area contributed by atoms with Gasteiger partial charge in [-0.1, -0.05) is 0 Å². The van der Waals surface area contributed by atoms with Gasteiger partial charge in [0.1, 0.15) is 17.3 Å². The molecule has 1 atom stereocenters. The Morgan fingerprint density at radius 2 is 2.26 bits per heavy atom. The summed E-state index contributed by atoms with van der Waals surface area (Å²) in [7, 11) is 0. The van der Waals surface area contributed by atoms with Crippen molar-refractivity contribution in [3.63, 3.8) is 0 Å². The number of aromatic amines is 1. The maximum Gasteiger partial charge on any atom is 0.262 e. The molecule has 2 N–H and O–H groups in total. The van der Waals surface area contributed by atoms with Crippen LogP contribution in [0.2, 0.25) is 0 Å². The Morgan fingerprint density at radius 3 is 2.95 bits per heavy atom. The van der Waals surface area contributed by atoms with Gasteiger partial charge in [-0.3, -0.25) is 4.79 Å². The Kier molecular flexibility index (Phi) is 3.08. The van der Waals surface area contributed by atoms with Gasteiger partial charge in [0.15, 0.2) is 5.65 Å². The van der Waals surface area contributed by atoms with Gasteiger partial charge in [-0.25, -0.2) is 9.67 Å². The van der Waals surface area contributed by atoms with Gasteiger partial charge in [0.05, 0.1) is 12.2 Å². The molecule has 1 aliphatic rings. The predicted octanol–water partition coefficient (Wildman–Crippen LogP) is 0.524. The maximum atomic E-state index is 11.9. The minimum Gasteiger partial charge on any atom is -0.385 e. The highest BCUT2D eigenvalue weighted by molar-refractivity contribution is 5.73. The molecule has 0 spiro atoms. The van der Waals surface area contributed by atoms with Crippen molar-refractivity contribution in [2.24, 2.45) is 0 Å². The number of fused-ring (bicyclic) bond motifs is 1. The summed E-state index contributed by atoms with van der Waals surface area (Å²) in [5, 5.41) is 14.3. The van der Waals surface area contributed by atoms with E-state index in [2.05, 4.69) is 15.1 Å². The van der Waals surface area contributed by atoms with Crippen LogP contribution in [0.15, 0.2) is 11.0 Å². The van der Waals surface area contributed by atoms with E-state index < -0.39 is 6.10 Å². The number of aliphatic hydroxyl groups excluding tert-OH is 1. The van der Waals surface area contributed by atoms with E-state index in [-0.39, 0.29) is 17.4 Å². The molecule has 2 aromatic rings. The molecule has 2 aromatic heterocycles. The van der Waals surface area contributed by atoms with Crippen LogP contribution in [0.1, 0.15) is 37.7 Å². The van der Waals surface area contributed by atoms with Gasteiger partial charge >= 0.3 is 0 Å². The zero-order valence-electron chi connectivity index (χ0n) is 10.7. The zero-order valence-corrected chi connectivity index (χ0v) is 10.7. The molecule has 0 radical (unpaired) electrons. The fraction of sp³-hybridized carbons (Fsp3) is 0.583. The first-order valence-electron chi connectivity index (χ1n) is 6.40. The number of hydrogen-bond acceptors (Lipinski definition) is 5. The van der Waals surface area contributed by atoms with E-state index in [9.17, 15) is 9.90 Å². The van der Waals surface area contributed by atoms with Crippen molar-refractivity contribution in [3.05, 3.63) is 22.4 Å². The molecule has 0 amide bonds. The topological polar surface area (TPSA) is 93.0 Å². The molecule has 102 valence electrons. The van der Waals surface area contributed by atoms with Crippen LogP contribution >= 0.6 is 0 Å². The Morgan fingerprint density at radius 1 is 1.53 bits per heavy atom. The Bertz CT molecular complexity index is 640. The Balaban J connectivity index is 2.12. The number of ether oxygens (including phenoxy) is 1. The highest BCUT2D eigenvalue weighted by Gasteiger charge is 2.21. The Hall–Kier alpha value is -1.73. The minimum absolute atomic E-state index is 0.197. The molecule has 0 aromatic carbocycles. The predicted molar refractivity (Wildman–Crippen MR) is 67.9 cm³/mol. The fourth-order valence-electron chi connectivity index (χ4n) is 2.35. The number of nitrogens with one attached hydrogen (secondary N) is 1. The zero-order chi connectivity index (χ0) is 13.4. The molecule has 7 heteroatoms. The molecule has 19 heavy (non-hydrogen) atoms. The van der Waals surface area contributed by atoms with Crippen LogP contribution in [0.5, 0.6) is 0 Å². The highest BCUT2D eigenvalue weighted by Crippen LogP contribution is 2.23. The summed E-state index contributed by atoms with van der Waals surface area (Å²) in [5.41, 5.74) is 0.269. The van der Waals surface area contributed by atoms with Gasteiger partial charge in [-0.05, 0) is 19.8 Å². The molecule has 1 saturated heterocycles. The third-order valence-corrected chi connectivity index (χ3v) is 3.41. The van der Waals surface area contributed by atoms with Gasteiger partial charge in [0, 0.05) is 13.2 Å². The molecule has 7 nitrogen and oxygen atoms in total. The summed E-state index contributed by atoms with van der Waals surface area (Å²) >= 11 is 0.